The zero-order valence-corrected chi connectivity index (χ0v) is 18.2. The Morgan fingerprint density at radius 3 is 2.63 bits per heavy atom. The Balaban J connectivity index is 1.41. The minimum atomic E-state index is -0.0968. The highest BCUT2D eigenvalue weighted by molar-refractivity contribution is 7.99. The van der Waals surface area contributed by atoms with Gasteiger partial charge in [0.15, 0.2) is 0 Å². The third kappa shape index (κ3) is 7.07. The molecule has 3 rings (SSSR count). The van der Waals surface area contributed by atoms with E-state index in [0.717, 1.165) is 43.3 Å². The first-order valence-corrected chi connectivity index (χ1v) is 11.4. The van der Waals surface area contributed by atoms with E-state index >= 15 is 0 Å². The van der Waals surface area contributed by atoms with Crippen molar-refractivity contribution in [1.82, 2.24) is 9.80 Å². The minimum Gasteiger partial charge on any atom is -0.494 e. The smallest absolute Gasteiger partial charge is 0.253 e. The summed E-state index contributed by atoms with van der Waals surface area (Å²) >= 11 is 1.87. The number of para-hydroxylation sites is 1. The van der Waals surface area contributed by atoms with Crippen LogP contribution in [-0.2, 0) is 4.79 Å². The Kier molecular flexibility index (Phi) is 8.59. The molecule has 0 aliphatic carbocycles. The summed E-state index contributed by atoms with van der Waals surface area (Å²) in [5.41, 5.74) is 1.27. The molecule has 2 aromatic rings. The summed E-state index contributed by atoms with van der Waals surface area (Å²) in [7, 11) is 1.91. The van der Waals surface area contributed by atoms with Crippen LogP contribution in [0.4, 0.5) is 5.69 Å². The van der Waals surface area contributed by atoms with Gasteiger partial charge in [0, 0.05) is 42.4 Å². The van der Waals surface area contributed by atoms with Crippen LogP contribution in [0.1, 0.15) is 16.8 Å². The van der Waals surface area contributed by atoms with Gasteiger partial charge in [0.1, 0.15) is 5.75 Å². The molecular formula is C23H29N3O3S. The first-order chi connectivity index (χ1) is 14.6. The summed E-state index contributed by atoms with van der Waals surface area (Å²) in [4.78, 5) is 28.9. The van der Waals surface area contributed by atoms with Crippen LogP contribution in [-0.4, -0.2) is 73.0 Å². The van der Waals surface area contributed by atoms with E-state index in [1.165, 1.54) is 0 Å². The monoisotopic (exact) mass is 427 g/mol. The van der Waals surface area contributed by atoms with Gasteiger partial charge >= 0.3 is 0 Å². The van der Waals surface area contributed by atoms with Gasteiger partial charge in [-0.3, -0.25) is 14.5 Å². The zero-order valence-electron chi connectivity index (χ0n) is 17.4. The molecule has 1 fully saturated rings. The Labute approximate surface area is 182 Å². The Hall–Kier alpha value is -2.51. The summed E-state index contributed by atoms with van der Waals surface area (Å²) in [5.74, 6) is 2.74. The fourth-order valence-corrected chi connectivity index (χ4v) is 4.15. The molecule has 1 aliphatic rings. The van der Waals surface area contributed by atoms with Crippen molar-refractivity contribution in [1.29, 1.82) is 0 Å². The summed E-state index contributed by atoms with van der Waals surface area (Å²) in [6, 6.07) is 16.9. The number of likely N-dealkylation sites (N-methyl/N-ethyl adjacent to an activating group) is 1. The SMILES string of the molecule is CN(CCCOc1ccccc1)CC(=O)Nc1cccc(C(=O)N2CCSCC2)c1. The Bertz CT molecular complexity index is 825. The third-order valence-corrected chi connectivity index (χ3v) is 5.74. The number of thioether (sulfide) groups is 1. The molecule has 0 unspecified atom stereocenters. The predicted octanol–water partition coefficient (Wildman–Crippen LogP) is 3.22. The van der Waals surface area contributed by atoms with Gasteiger partial charge in [-0.1, -0.05) is 24.3 Å². The molecular weight excluding hydrogens is 398 g/mol. The molecule has 6 nitrogen and oxygen atoms in total. The maximum atomic E-state index is 12.6. The van der Waals surface area contributed by atoms with Crippen LogP contribution in [0.25, 0.3) is 0 Å². The molecule has 0 spiro atoms. The molecule has 1 heterocycles. The van der Waals surface area contributed by atoms with Gasteiger partial charge in [-0.15, -0.1) is 0 Å². The van der Waals surface area contributed by atoms with Gasteiger partial charge in [0.25, 0.3) is 5.91 Å². The first-order valence-electron chi connectivity index (χ1n) is 10.2. The number of hydrogen-bond acceptors (Lipinski definition) is 5. The van der Waals surface area contributed by atoms with E-state index in [1.807, 2.05) is 71.1 Å². The second kappa shape index (κ2) is 11.6. The van der Waals surface area contributed by atoms with E-state index in [0.29, 0.717) is 17.9 Å². The lowest BCUT2D eigenvalue weighted by Crippen LogP contribution is -2.37. The molecule has 1 saturated heterocycles. The van der Waals surface area contributed by atoms with Crippen molar-refractivity contribution in [3.05, 3.63) is 60.2 Å². The number of carbonyl (C=O) groups excluding carboxylic acids is 2. The van der Waals surface area contributed by atoms with Crippen molar-refractivity contribution >= 4 is 29.3 Å². The van der Waals surface area contributed by atoms with Crippen LogP contribution >= 0.6 is 11.8 Å². The summed E-state index contributed by atoms with van der Waals surface area (Å²) in [6.07, 6.45) is 0.830. The molecule has 7 heteroatoms. The standard InChI is InChI=1S/C23H29N3O3S/c1-25(11-6-14-29-21-9-3-2-4-10-21)18-22(27)24-20-8-5-7-19(17-20)23(28)26-12-15-30-16-13-26/h2-5,7-10,17H,6,11-16,18H2,1H3,(H,24,27). The average Bonchev–Trinajstić information content (AvgIpc) is 2.77. The van der Waals surface area contributed by atoms with Crippen LogP contribution in [0, 0.1) is 0 Å². The second-order valence-electron chi connectivity index (χ2n) is 7.29. The zero-order chi connectivity index (χ0) is 21.2. The molecule has 0 saturated carbocycles. The van der Waals surface area contributed by atoms with E-state index in [1.54, 1.807) is 12.1 Å². The Morgan fingerprint density at radius 2 is 1.87 bits per heavy atom. The number of carbonyl (C=O) groups is 2. The molecule has 0 radical (unpaired) electrons. The van der Waals surface area contributed by atoms with E-state index in [2.05, 4.69) is 5.32 Å². The van der Waals surface area contributed by atoms with Crippen LogP contribution in [0.5, 0.6) is 5.75 Å². The molecule has 1 N–H and O–H groups in total. The fraction of sp³-hybridized carbons (Fsp3) is 0.391. The lowest BCUT2D eigenvalue weighted by molar-refractivity contribution is -0.117. The lowest BCUT2D eigenvalue weighted by atomic mass is 10.1. The number of anilines is 1. The maximum Gasteiger partial charge on any atom is 0.253 e. The summed E-state index contributed by atoms with van der Waals surface area (Å²) < 4.78 is 5.68. The topological polar surface area (TPSA) is 61.9 Å². The molecule has 0 aromatic heterocycles. The van der Waals surface area contributed by atoms with Crippen molar-refractivity contribution in [2.24, 2.45) is 0 Å². The minimum absolute atomic E-state index is 0.0296. The summed E-state index contributed by atoms with van der Waals surface area (Å²) in [5, 5.41) is 2.90. The molecule has 0 bridgehead atoms. The van der Waals surface area contributed by atoms with Gasteiger partial charge in [0.05, 0.1) is 13.2 Å². The number of benzene rings is 2. The quantitative estimate of drug-likeness (QED) is 0.623. The van der Waals surface area contributed by atoms with Crippen molar-refractivity contribution in [2.45, 2.75) is 6.42 Å². The van der Waals surface area contributed by atoms with Gasteiger partial charge in [-0.05, 0) is 43.8 Å². The van der Waals surface area contributed by atoms with E-state index in [4.69, 9.17) is 4.74 Å². The number of nitrogens with zero attached hydrogens (tertiary/aromatic N) is 2. The van der Waals surface area contributed by atoms with Crippen molar-refractivity contribution in [3.63, 3.8) is 0 Å². The van der Waals surface area contributed by atoms with Gasteiger partial charge in [-0.25, -0.2) is 0 Å². The van der Waals surface area contributed by atoms with Crippen molar-refractivity contribution < 1.29 is 14.3 Å². The van der Waals surface area contributed by atoms with Crippen molar-refractivity contribution in [2.75, 3.05) is 56.7 Å². The first kappa shape index (κ1) is 22.2. The van der Waals surface area contributed by atoms with Crippen LogP contribution in [0.2, 0.25) is 0 Å². The number of nitrogens with one attached hydrogen (secondary N) is 1. The molecule has 2 aromatic carbocycles. The normalized spacial score (nSPS) is 13.9. The predicted molar refractivity (Wildman–Crippen MR) is 122 cm³/mol. The van der Waals surface area contributed by atoms with Crippen LogP contribution in [0.3, 0.4) is 0 Å². The van der Waals surface area contributed by atoms with E-state index < -0.39 is 0 Å². The van der Waals surface area contributed by atoms with Crippen molar-refractivity contribution in [3.8, 4) is 5.75 Å². The highest BCUT2D eigenvalue weighted by Gasteiger charge is 2.18. The number of ether oxygens (including phenoxy) is 1. The highest BCUT2D eigenvalue weighted by atomic mass is 32.2. The third-order valence-electron chi connectivity index (χ3n) is 4.80. The van der Waals surface area contributed by atoms with Gasteiger partial charge in [0.2, 0.25) is 5.91 Å². The molecule has 1 aliphatic heterocycles. The molecule has 2 amide bonds. The fourth-order valence-electron chi connectivity index (χ4n) is 3.24. The molecule has 160 valence electrons. The number of hydrogen-bond donors (Lipinski definition) is 1. The average molecular weight is 428 g/mol. The lowest BCUT2D eigenvalue weighted by Gasteiger charge is -2.26. The van der Waals surface area contributed by atoms with Gasteiger partial charge in [-0.2, -0.15) is 11.8 Å². The Morgan fingerprint density at radius 1 is 1.10 bits per heavy atom. The van der Waals surface area contributed by atoms with E-state index in [-0.39, 0.29) is 18.4 Å². The second-order valence-corrected chi connectivity index (χ2v) is 8.51. The highest BCUT2D eigenvalue weighted by Crippen LogP contribution is 2.16. The largest absolute Gasteiger partial charge is 0.494 e. The molecule has 30 heavy (non-hydrogen) atoms. The summed E-state index contributed by atoms with van der Waals surface area (Å²) in [6.45, 7) is 3.20. The number of amides is 2. The number of rotatable bonds is 9. The van der Waals surface area contributed by atoms with Crippen LogP contribution < -0.4 is 10.1 Å². The van der Waals surface area contributed by atoms with Gasteiger partial charge < -0.3 is 15.0 Å². The maximum absolute atomic E-state index is 12.6. The molecule has 0 atom stereocenters. The van der Waals surface area contributed by atoms with Crippen LogP contribution in [0.15, 0.2) is 54.6 Å². The van der Waals surface area contributed by atoms with E-state index in [9.17, 15) is 9.59 Å².